The first-order chi connectivity index (χ1) is 33.5. The van der Waals surface area contributed by atoms with Crippen molar-refractivity contribution < 1.29 is 58.6 Å². The van der Waals surface area contributed by atoms with E-state index in [1.807, 2.05) is 0 Å². The minimum absolute atomic E-state index is 0.163. The van der Waals surface area contributed by atoms with Crippen LogP contribution in [0.3, 0.4) is 0 Å². The molecule has 1 heterocycles. The summed E-state index contributed by atoms with van der Waals surface area (Å²) in [7, 11) is 0. The van der Waals surface area contributed by atoms with Gasteiger partial charge < -0.3 is 50.6 Å². The summed E-state index contributed by atoms with van der Waals surface area (Å²) in [6, 6.07) is -2.67. The Morgan fingerprint density at radius 2 is 1.01 bits per heavy atom. The van der Waals surface area contributed by atoms with E-state index in [2.05, 4.69) is 36.7 Å². The maximum Gasteiger partial charge on any atom is 0.306 e. The Morgan fingerprint density at radius 3 is 1.48 bits per heavy atom. The summed E-state index contributed by atoms with van der Waals surface area (Å²) < 4.78 is 17.7. The molecule has 15 heteroatoms. The molecule has 0 bridgehead atoms. The fourth-order valence-electron chi connectivity index (χ4n) is 8.90. The van der Waals surface area contributed by atoms with Crippen LogP contribution in [0.15, 0.2) is 0 Å². The normalized spacial score (nSPS) is 18.9. The van der Waals surface area contributed by atoms with Crippen LogP contribution in [0.25, 0.3) is 0 Å². The van der Waals surface area contributed by atoms with Crippen LogP contribution in [0.5, 0.6) is 0 Å². The maximum absolute atomic E-state index is 13.8. The van der Waals surface area contributed by atoms with E-state index < -0.39 is 79.7 Å². The van der Waals surface area contributed by atoms with E-state index in [4.69, 9.17) is 19.3 Å². The number of ether oxygens (including phenoxy) is 3. The zero-order valence-electron chi connectivity index (χ0n) is 43.7. The molecule has 0 aromatic heterocycles. The van der Waals surface area contributed by atoms with E-state index in [0.29, 0.717) is 19.3 Å². The number of nitrogens with one attached hydrogen (secondary N) is 3. The predicted octanol–water partition coefficient (Wildman–Crippen LogP) is 9.63. The first-order valence-electron chi connectivity index (χ1n) is 28.0. The number of esters is 1. The van der Waals surface area contributed by atoms with Crippen molar-refractivity contribution in [2.24, 2.45) is 0 Å². The van der Waals surface area contributed by atoms with Gasteiger partial charge in [-0.05, 0) is 25.7 Å². The Bertz CT molecular complexity index is 1310. The summed E-state index contributed by atoms with van der Waals surface area (Å²) in [5.74, 6) is -3.16. The molecule has 15 nitrogen and oxygen atoms in total. The van der Waals surface area contributed by atoms with E-state index in [1.165, 1.54) is 116 Å². The number of aliphatic hydroxyl groups excluding tert-OH is 3. The average Bonchev–Trinajstić information content (AvgIpc) is 3.32. The molecule has 69 heavy (non-hydrogen) atoms. The van der Waals surface area contributed by atoms with Crippen molar-refractivity contribution >= 4 is 29.7 Å². The molecular formula is C54H101N3O12. The standard InChI is InChI=1S/C54H101N3O12/c1-4-7-10-13-16-19-21-24-27-30-33-36-46(59)56-44(53(66)55-39-38-48(61)62)42-67-54-50(52(65)51(64)45(41-58)69-54)57-47(60)40-43(35-32-29-26-23-18-15-12-9-6-3)68-49(63)37-34-31-28-25-22-20-17-14-11-8-5-2/h43-45,50-52,54,58,64-65H,4-42H2,1-3H3,(H,55,66)(H,56,59)(H,57,60)(H,61,62)/t43?,44-,45+,50+,51+,52+,54+/m0/s1. The molecule has 0 spiro atoms. The van der Waals surface area contributed by atoms with E-state index in [9.17, 15) is 39.3 Å². The van der Waals surface area contributed by atoms with Crippen LogP contribution in [0.2, 0.25) is 0 Å². The van der Waals surface area contributed by atoms with Gasteiger partial charge in [0.25, 0.3) is 0 Å². The lowest BCUT2D eigenvalue weighted by Crippen LogP contribution is -2.65. The molecule has 0 saturated carbocycles. The third-order valence-electron chi connectivity index (χ3n) is 13.3. The van der Waals surface area contributed by atoms with E-state index >= 15 is 0 Å². The van der Waals surface area contributed by atoms with Gasteiger partial charge in [-0.25, -0.2) is 0 Å². The molecule has 0 aliphatic carbocycles. The molecule has 0 radical (unpaired) electrons. The number of carbonyl (C=O) groups is 5. The Hall–Kier alpha value is -2.85. The molecule has 0 aromatic carbocycles. The van der Waals surface area contributed by atoms with Crippen LogP contribution in [-0.4, -0.2) is 113 Å². The Morgan fingerprint density at radius 1 is 0.565 bits per heavy atom. The molecule has 1 rings (SSSR count). The Kier molecular flexibility index (Phi) is 40.8. The summed E-state index contributed by atoms with van der Waals surface area (Å²) >= 11 is 0. The van der Waals surface area contributed by atoms with Gasteiger partial charge in [0.1, 0.15) is 36.5 Å². The number of hydrogen-bond donors (Lipinski definition) is 7. The lowest BCUT2D eigenvalue weighted by atomic mass is 9.96. The second-order valence-electron chi connectivity index (χ2n) is 19.7. The van der Waals surface area contributed by atoms with Gasteiger partial charge in [-0.3, -0.25) is 24.0 Å². The van der Waals surface area contributed by atoms with Gasteiger partial charge in [-0.1, -0.05) is 201 Å². The van der Waals surface area contributed by atoms with Crippen molar-refractivity contribution in [1.82, 2.24) is 16.0 Å². The summed E-state index contributed by atoms with van der Waals surface area (Å²) in [4.78, 5) is 64.4. The molecule has 3 amide bonds. The largest absolute Gasteiger partial charge is 0.481 e. The summed E-state index contributed by atoms with van der Waals surface area (Å²) in [6.45, 7) is 5.25. The smallest absolute Gasteiger partial charge is 0.306 e. The van der Waals surface area contributed by atoms with Crippen molar-refractivity contribution in [2.75, 3.05) is 19.8 Å². The second kappa shape index (κ2) is 43.9. The molecule has 7 N–H and O–H groups in total. The van der Waals surface area contributed by atoms with Crippen molar-refractivity contribution in [3.8, 4) is 0 Å². The van der Waals surface area contributed by atoms with Crippen LogP contribution in [0.4, 0.5) is 0 Å². The monoisotopic (exact) mass is 984 g/mol. The van der Waals surface area contributed by atoms with Crippen LogP contribution in [0, 0.1) is 0 Å². The highest BCUT2D eigenvalue weighted by Crippen LogP contribution is 2.24. The fraction of sp³-hybridized carbons (Fsp3) is 0.907. The number of rotatable bonds is 47. The minimum atomic E-state index is -1.66. The number of carboxylic acids is 1. The van der Waals surface area contributed by atoms with Crippen LogP contribution in [-0.2, 0) is 38.2 Å². The van der Waals surface area contributed by atoms with Gasteiger partial charge in [0.2, 0.25) is 17.7 Å². The highest BCUT2D eigenvalue weighted by molar-refractivity contribution is 5.88. The molecular weight excluding hydrogens is 883 g/mol. The molecule has 1 saturated heterocycles. The second-order valence-corrected chi connectivity index (χ2v) is 19.7. The highest BCUT2D eigenvalue weighted by atomic mass is 16.7. The molecule has 0 aromatic rings. The molecule has 404 valence electrons. The average molecular weight is 984 g/mol. The summed E-state index contributed by atoms with van der Waals surface area (Å²) in [5.41, 5.74) is 0. The van der Waals surface area contributed by atoms with E-state index in [0.717, 1.165) is 70.6 Å². The molecule has 1 unspecified atom stereocenters. The minimum Gasteiger partial charge on any atom is -0.481 e. The maximum atomic E-state index is 13.8. The van der Waals surface area contributed by atoms with E-state index in [-0.39, 0.29) is 38.2 Å². The fourth-order valence-corrected chi connectivity index (χ4v) is 8.90. The molecule has 7 atom stereocenters. The van der Waals surface area contributed by atoms with Crippen molar-refractivity contribution in [3.63, 3.8) is 0 Å². The van der Waals surface area contributed by atoms with E-state index in [1.54, 1.807) is 0 Å². The number of hydrogen-bond acceptors (Lipinski definition) is 11. The van der Waals surface area contributed by atoms with Crippen molar-refractivity contribution in [1.29, 1.82) is 0 Å². The van der Waals surface area contributed by atoms with Gasteiger partial charge >= 0.3 is 11.9 Å². The quantitative estimate of drug-likeness (QED) is 0.0223. The zero-order valence-corrected chi connectivity index (χ0v) is 43.7. The van der Waals surface area contributed by atoms with Crippen LogP contribution in [0.1, 0.15) is 252 Å². The SMILES string of the molecule is CCCCCCCCCCCCCC(=O)N[C@@H](CO[C@@H]1O[C@H](CO)[C@@H](O)[C@H](O)[C@H]1NC(=O)CC(CCCCCCCCCCC)OC(=O)CCCCCCCCCCCCC)C(=O)NCCC(=O)O. The first-order valence-corrected chi connectivity index (χ1v) is 28.0. The van der Waals surface area contributed by atoms with Crippen molar-refractivity contribution in [3.05, 3.63) is 0 Å². The van der Waals surface area contributed by atoms with Gasteiger partial charge in [0.15, 0.2) is 6.29 Å². The predicted molar refractivity (Wildman–Crippen MR) is 271 cm³/mol. The van der Waals surface area contributed by atoms with Gasteiger partial charge in [-0.2, -0.15) is 0 Å². The number of aliphatic carboxylic acids is 1. The number of aliphatic hydroxyl groups is 3. The zero-order chi connectivity index (χ0) is 50.7. The molecule has 1 aliphatic rings. The third kappa shape index (κ3) is 34.2. The molecule has 1 aliphatic heterocycles. The van der Waals surface area contributed by atoms with Crippen molar-refractivity contribution in [2.45, 2.75) is 295 Å². The van der Waals surface area contributed by atoms with Gasteiger partial charge in [0, 0.05) is 19.4 Å². The lowest BCUT2D eigenvalue weighted by Gasteiger charge is -2.42. The Balaban J connectivity index is 2.94. The number of carboxylic acid groups (broad SMARTS) is 1. The summed E-state index contributed by atoms with van der Waals surface area (Å²) in [5, 5.41) is 49.1. The first kappa shape index (κ1) is 64.2. The lowest BCUT2D eigenvalue weighted by molar-refractivity contribution is -0.271. The number of amides is 3. The van der Waals surface area contributed by atoms with Gasteiger partial charge in [-0.15, -0.1) is 0 Å². The number of unbranched alkanes of at least 4 members (excludes halogenated alkanes) is 28. The summed E-state index contributed by atoms with van der Waals surface area (Å²) in [6.07, 6.45) is 28.5. The topological polar surface area (TPSA) is 230 Å². The Labute approximate surface area is 417 Å². The molecule has 1 fully saturated rings. The highest BCUT2D eigenvalue weighted by Gasteiger charge is 2.46. The number of carbonyl (C=O) groups excluding carboxylic acids is 4. The van der Waals surface area contributed by atoms with Crippen LogP contribution >= 0.6 is 0 Å². The van der Waals surface area contributed by atoms with Gasteiger partial charge in [0.05, 0.1) is 26.1 Å². The van der Waals surface area contributed by atoms with Crippen LogP contribution < -0.4 is 16.0 Å². The third-order valence-corrected chi connectivity index (χ3v) is 13.3.